The Morgan fingerprint density at radius 3 is 2.55 bits per heavy atom. The molecule has 3 aromatic carbocycles. The third kappa shape index (κ3) is 2.61. The van der Waals surface area contributed by atoms with Crippen molar-refractivity contribution in [3.8, 4) is 0 Å². The van der Waals surface area contributed by atoms with Gasteiger partial charge >= 0.3 is 0 Å². The van der Waals surface area contributed by atoms with Crippen LogP contribution in [0.1, 0.15) is 21.5 Å². The maximum Gasteiger partial charge on any atom is 0.250 e. The van der Waals surface area contributed by atoms with Gasteiger partial charge in [-0.05, 0) is 35.4 Å². The van der Waals surface area contributed by atoms with Crippen LogP contribution in [0.5, 0.6) is 0 Å². The van der Waals surface area contributed by atoms with Crippen molar-refractivity contribution in [1.82, 2.24) is 0 Å². The molecule has 0 unspecified atom stereocenters. The lowest BCUT2D eigenvalue weighted by Crippen LogP contribution is -2.10. The first-order valence-corrected chi connectivity index (χ1v) is 7.08. The first-order valence-electron chi connectivity index (χ1n) is 7.08. The number of hydrogen-bond donors (Lipinski definition) is 1. The summed E-state index contributed by atoms with van der Waals surface area (Å²) in [5.41, 5.74) is 8.60. The van der Waals surface area contributed by atoms with Crippen LogP contribution in [0, 0.1) is 6.92 Å². The molecule has 3 heteroatoms. The van der Waals surface area contributed by atoms with Gasteiger partial charge in [0.1, 0.15) is 0 Å². The van der Waals surface area contributed by atoms with Gasteiger partial charge in [0.2, 0.25) is 0 Å². The molecule has 0 bridgehead atoms. The number of carbonyl (C=O) groups excluding carboxylic acids is 1. The largest absolute Gasteiger partial charge is 0.366 e. The predicted octanol–water partition coefficient (Wildman–Crippen LogP) is 4.00. The van der Waals surface area contributed by atoms with Gasteiger partial charge in [-0.2, -0.15) is 0 Å². The lowest BCUT2D eigenvalue weighted by atomic mass is 10.0. The van der Waals surface area contributed by atoms with Crippen LogP contribution in [-0.2, 0) is 0 Å². The molecule has 0 aromatic heterocycles. The summed E-state index contributed by atoms with van der Waals surface area (Å²) < 4.78 is 0. The lowest BCUT2D eigenvalue weighted by Gasteiger charge is -2.06. The number of hydrogen-bond acceptors (Lipinski definition) is 2. The Kier molecular flexibility index (Phi) is 3.71. The summed E-state index contributed by atoms with van der Waals surface area (Å²) in [5, 5.41) is 2.31. The second kappa shape index (κ2) is 5.82. The number of primary amides is 1. The molecule has 3 nitrogen and oxygen atoms in total. The fourth-order valence-electron chi connectivity index (χ4n) is 2.50. The minimum atomic E-state index is -0.470. The lowest BCUT2D eigenvalue weighted by molar-refractivity contribution is 0.100. The average Bonchev–Trinajstić information content (AvgIpc) is 2.54. The highest BCUT2D eigenvalue weighted by molar-refractivity contribution is 6.03. The fourth-order valence-corrected chi connectivity index (χ4v) is 2.50. The monoisotopic (exact) mass is 288 g/mol. The van der Waals surface area contributed by atoms with Gasteiger partial charge in [-0.3, -0.25) is 9.79 Å². The summed E-state index contributed by atoms with van der Waals surface area (Å²) >= 11 is 0. The van der Waals surface area contributed by atoms with Gasteiger partial charge in [0, 0.05) is 11.8 Å². The summed E-state index contributed by atoms with van der Waals surface area (Å²) in [6.07, 6.45) is 1.80. The highest BCUT2D eigenvalue weighted by Crippen LogP contribution is 2.23. The summed E-state index contributed by atoms with van der Waals surface area (Å²) in [7, 11) is 0. The van der Waals surface area contributed by atoms with Gasteiger partial charge in [0.25, 0.3) is 5.91 Å². The van der Waals surface area contributed by atoms with Gasteiger partial charge in [-0.25, -0.2) is 0 Å². The van der Waals surface area contributed by atoms with Crippen LogP contribution >= 0.6 is 0 Å². The van der Waals surface area contributed by atoms with Crippen LogP contribution in [0.3, 0.4) is 0 Å². The highest BCUT2D eigenvalue weighted by atomic mass is 16.1. The Labute approximate surface area is 129 Å². The fraction of sp³-hybridized carbons (Fsp3) is 0.0526. The van der Waals surface area contributed by atoms with E-state index in [-0.39, 0.29) is 0 Å². The second-order valence-corrected chi connectivity index (χ2v) is 5.16. The molecule has 0 spiro atoms. The number of rotatable bonds is 3. The van der Waals surface area contributed by atoms with E-state index >= 15 is 0 Å². The molecule has 0 atom stereocenters. The number of para-hydroxylation sites is 1. The van der Waals surface area contributed by atoms with Crippen LogP contribution in [0.4, 0.5) is 5.69 Å². The van der Waals surface area contributed by atoms with E-state index in [2.05, 4.69) is 29.3 Å². The molecule has 1 amide bonds. The molecule has 0 aliphatic heterocycles. The van der Waals surface area contributed by atoms with Crippen molar-refractivity contribution in [3.05, 3.63) is 77.4 Å². The number of nitrogens with zero attached hydrogens (tertiary/aromatic N) is 1. The number of carbonyl (C=O) groups is 1. The van der Waals surface area contributed by atoms with Crippen molar-refractivity contribution >= 4 is 28.6 Å². The molecule has 0 aliphatic rings. The van der Waals surface area contributed by atoms with Crippen molar-refractivity contribution < 1.29 is 4.79 Å². The van der Waals surface area contributed by atoms with Crippen LogP contribution in [-0.4, -0.2) is 12.1 Å². The number of amides is 1. The van der Waals surface area contributed by atoms with Crippen molar-refractivity contribution in [1.29, 1.82) is 0 Å². The normalized spacial score (nSPS) is 11.1. The number of nitrogens with two attached hydrogens (primary N) is 1. The quantitative estimate of drug-likeness (QED) is 0.728. The zero-order chi connectivity index (χ0) is 15.5. The molecule has 108 valence electrons. The zero-order valence-corrected chi connectivity index (χ0v) is 12.3. The Bertz CT molecular complexity index is 881. The van der Waals surface area contributed by atoms with E-state index in [1.165, 1.54) is 0 Å². The summed E-state index contributed by atoms with van der Waals surface area (Å²) in [6.45, 7) is 2.05. The molecule has 0 fully saturated rings. The van der Waals surface area contributed by atoms with E-state index in [0.29, 0.717) is 11.3 Å². The van der Waals surface area contributed by atoms with Gasteiger partial charge in [-0.1, -0.05) is 48.5 Å². The zero-order valence-electron chi connectivity index (χ0n) is 12.3. The average molecular weight is 288 g/mol. The van der Waals surface area contributed by atoms with Crippen molar-refractivity contribution in [2.24, 2.45) is 10.7 Å². The molecular formula is C19H16N2O. The van der Waals surface area contributed by atoms with Crippen LogP contribution < -0.4 is 5.73 Å². The van der Waals surface area contributed by atoms with Crippen LogP contribution in [0.15, 0.2) is 65.7 Å². The maximum absolute atomic E-state index is 11.5. The molecule has 3 rings (SSSR count). The van der Waals surface area contributed by atoms with E-state index < -0.39 is 5.91 Å². The third-order valence-electron chi connectivity index (χ3n) is 3.69. The van der Waals surface area contributed by atoms with Gasteiger partial charge in [-0.15, -0.1) is 0 Å². The molecule has 2 N–H and O–H groups in total. The highest BCUT2D eigenvalue weighted by Gasteiger charge is 2.06. The van der Waals surface area contributed by atoms with E-state index in [1.807, 2.05) is 25.1 Å². The van der Waals surface area contributed by atoms with Gasteiger partial charge in [0.15, 0.2) is 0 Å². The first-order chi connectivity index (χ1) is 10.7. The second-order valence-electron chi connectivity index (χ2n) is 5.16. The van der Waals surface area contributed by atoms with Crippen molar-refractivity contribution in [2.75, 3.05) is 0 Å². The first kappa shape index (κ1) is 14.0. The smallest absolute Gasteiger partial charge is 0.250 e. The van der Waals surface area contributed by atoms with E-state index in [9.17, 15) is 4.79 Å². The molecule has 0 aliphatic carbocycles. The Morgan fingerprint density at radius 1 is 1.00 bits per heavy atom. The SMILES string of the molecule is Cc1ccc2ccccc2c1C=Nc1ccccc1C(N)=O. The van der Waals surface area contributed by atoms with E-state index in [4.69, 9.17) is 5.73 Å². The number of aliphatic imine (C=N–C) groups is 1. The maximum atomic E-state index is 11.5. The molecule has 0 saturated heterocycles. The minimum Gasteiger partial charge on any atom is -0.366 e. The summed E-state index contributed by atoms with van der Waals surface area (Å²) in [6, 6.07) is 19.4. The summed E-state index contributed by atoms with van der Waals surface area (Å²) in [4.78, 5) is 15.9. The Morgan fingerprint density at radius 2 is 1.73 bits per heavy atom. The molecule has 22 heavy (non-hydrogen) atoms. The number of benzene rings is 3. The molecular weight excluding hydrogens is 272 g/mol. The Hall–Kier alpha value is -2.94. The third-order valence-corrected chi connectivity index (χ3v) is 3.69. The van der Waals surface area contributed by atoms with Crippen molar-refractivity contribution in [3.63, 3.8) is 0 Å². The predicted molar refractivity (Wildman–Crippen MR) is 90.9 cm³/mol. The molecule has 0 saturated carbocycles. The minimum absolute atomic E-state index is 0.427. The summed E-state index contributed by atoms with van der Waals surface area (Å²) in [5.74, 6) is -0.470. The molecule has 0 heterocycles. The molecule has 0 radical (unpaired) electrons. The van der Waals surface area contributed by atoms with Crippen molar-refractivity contribution in [2.45, 2.75) is 6.92 Å². The van der Waals surface area contributed by atoms with Crippen LogP contribution in [0.2, 0.25) is 0 Å². The van der Waals surface area contributed by atoms with E-state index in [0.717, 1.165) is 21.9 Å². The van der Waals surface area contributed by atoms with Gasteiger partial charge in [0.05, 0.1) is 11.3 Å². The van der Waals surface area contributed by atoms with E-state index in [1.54, 1.807) is 24.4 Å². The van der Waals surface area contributed by atoms with Gasteiger partial charge < -0.3 is 5.73 Å². The Balaban J connectivity index is 2.11. The molecule has 3 aromatic rings. The number of aryl methyl sites for hydroxylation is 1. The topological polar surface area (TPSA) is 55.4 Å². The number of fused-ring (bicyclic) bond motifs is 1. The standard InChI is InChI=1S/C19H16N2O/c1-13-10-11-14-6-2-3-7-15(14)17(13)12-21-18-9-5-4-8-16(18)19(20)22/h2-12H,1H3,(H2,20,22). The van der Waals surface area contributed by atoms with Crippen LogP contribution in [0.25, 0.3) is 10.8 Å².